The van der Waals surface area contributed by atoms with Crippen LogP contribution in [-0.2, 0) is 9.59 Å². The van der Waals surface area contributed by atoms with E-state index in [1.807, 2.05) is 0 Å². The lowest BCUT2D eigenvalue weighted by Crippen LogP contribution is -2.51. The Morgan fingerprint density at radius 3 is 2.30 bits per heavy atom. The molecular formula is C12H18F3N3O2. The molecule has 0 bridgehead atoms. The smallest absolute Gasteiger partial charge is 0.352 e. The monoisotopic (exact) mass is 293 g/mol. The Morgan fingerprint density at radius 1 is 1.20 bits per heavy atom. The van der Waals surface area contributed by atoms with Crippen LogP contribution in [0.25, 0.3) is 0 Å². The second-order valence-corrected chi connectivity index (χ2v) is 4.54. The summed E-state index contributed by atoms with van der Waals surface area (Å²) in [7, 11) is 0. The first-order valence-corrected chi connectivity index (χ1v) is 6.26. The van der Waals surface area contributed by atoms with Gasteiger partial charge in [-0.1, -0.05) is 6.08 Å². The number of amides is 2. The highest BCUT2D eigenvalue weighted by atomic mass is 19.4. The number of hydrogen-bond donors (Lipinski definition) is 1. The van der Waals surface area contributed by atoms with Crippen LogP contribution in [-0.4, -0.2) is 67.1 Å². The minimum absolute atomic E-state index is 0.167. The van der Waals surface area contributed by atoms with Gasteiger partial charge < -0.3 is 10.2 Å². The maximum absolute atomic E-state index is 12.1. The molecule has 0 spiro atoms. The molecule has 114 valence electrons. The number of halogens is 3. The maximum atomic E-state index is 12.1. The molecule has 0 aromatic heterocycles. The molecule has 0 unspecified atom stereocenters. The van der Waals surface area contributed by atoms with Crippen molar-refractivity contribution in [3.8, 4) is 0 Å². The number of nitrogens with one attached hydrogen (secondary N) is 1. The van der Waals surface area contributed by atoms with Crippen LogP contribution in [0.1, 0.15) is 6.42 Å². The molecule has 1 heterocycles. The highest BCUT2D eigenvalue weighted by molar-refractivity contribution is 5.78. The first kappa shape index (κ1) is 16.5. The summed E-state index contributed by atoms with van der Waals surface area (Å²) in [6.45, 7) is 5.24. The zero-order chi connectivity index (χ0) is 15.2. The summed E-state index contributed by atoms with van der Waals surface area (Å²) in [6, 6.07) is 0. The number of nitrogens with zero attached hydrogens (tertiary/aromatic N) is 2. The molecule has 0 aliphatic carbocycles. The van der Waals surface area contributed by atoms with Crippen LogP contribution >= 0.6 is 0 Å². The Labute approximate surface area is 115 Å². The summed E-state index contributed by atoms with van der Waals surface area (Å²) >= 11 is 0. The zero-order valence-corrected chi connectivity index (χ0v) is 11.1. The van der Waals surface area contributed by atoms with Gasteiger partial charge in [0, 0.05) is 32.7 Å². The second kappa shape index (κ2) is 7.28. The van der Waals surface area contributed by atoms with Crippen molar-refractivity contribution in [2.24, 2.45) is 0 Å². The molecular weight excluding hydrogens is 275 g/mol. The van der Waals surface area contributed by atoms with E-state index in [0.29, 0.717) is 19.6 Å². The highest BCUT2D eigenvalue weighted by Crippen LogP contribution is 2.21. The zero-order valence-electron chi connectivity index (χ0n) is 11.1. The van der Waals surface area contributed by atoms with Crippen LogP contribution in [0, 0.1) is 0 Å². The van der Waals surface area contributed by atoms with Gasteiger partial charge in [0.1, 0.15) is 6.42 Å². The third kappa shape index (κ3) is 6.05. The molecule has 1 aliphatic rings. The first-order chi connectivity index (χ1) is 9.31. The Bertz CT molecular complexity index is 363. The molecule has 0 aromatic rings. The number of carbonyl (C=O) groups excluding carboxylic acids is 2. The van der Waals surface area contributed by atoms with E-state index in [1.54, 1.807) is 11.0 Å². The van der Waals surface area contributed by atoms with Gasteiger partial charge >= 0.3 is 6.18 Å². The second-order valence-electron chi connectivity index (χ2n) is 4.54. The number of rotatable bonds is 5. The standard InChI is InChI=1S/C12H18F3N3O2/c1-2-3-16-10(19)9-17-4-6-18(7-5-17)11(20)8-12(13,14)15/h2H,1,3-9H2,(H,16,19). The average Bonchev–Trinajstić information content (AvgIpc) is 2.35. The fourth-order valence-electron chi connectivity index (χ4n) is 1.88. The van der Waals surface area contributed by atoms with Crippen molar-refractivity contribution in [2.45, 2.75) is 12.6 Å². The molecule has 1 fully saturated rings. The van der Waals surface area contributed by atoms with Gasteiger partial charge in [-0.05, 0) is 0 Å². The van der Waals surface area contributed by atoms with E-state index < -0.39 is 18.5 Å². The average molecular weight is 293 g/mol. The molecule has 0 radical (unpaired) electrons. The van der Waals surface area contributed by atoms with Crippen molar-refractivity contribution in [1.29, 1.82) is 0 Å². The lowest BCUT2D eigenvalue weighted by atomic mass is 10.2. The number of hydrogen-bond acceptors (Lipinski definition) is 3. The molecule has 1 rings (SSSR count). The Balaban J connectivity index is 2.31. The van der Waals surface area contributed by atoms with E-state index in [9.17, 15) is 22.8 Å². The maximum Gasteiger partial charge on any atom is 0.397 e. The summed E-state index contributed by atoms with van der Waals surface area (Å²) in [5.41, 5.74) is 0. The largest absolute Gasteiger partial charge is 0.397 e. The van der Waals surface area contributed by atoms with Crippen LogP contribution in [0.3, 0.4) is 0 Å². The van der Waals surface area contributed by atoms with Crippen molar-refractivity contribution < 1.29 is 22.8 Å². The number of piperazine rings is 1. The van der Waals surface area contributed by atoms with Crippen molar-refractivity contribution in [3.63, 3.8) is 0 Å². The summed E-state index contributed by atoms with van der Waals surface area (Å²) in [6.07, 6.45) is -4.34. The molecule has 0 aromatic carbocycles. The Morgan fingerprint density at radius 2 is 1.80 bits per heavy atom. The van der Waals surface area contributed by atoms with Crippen LogP contribution < -0.4 is 5.32 Å². The van der Waals surface area contributed by atoms with Gasteiger partial charge in [-0.15, -0.1) is 6.58 Å². The van der Waals surface area contributed by atoms with Crippen LogP contribution in [0.4, 0.5) is 13.2 Å². The summed E-state index contributed by atoms with van der Waals surface area (Å²) in [5.74, 6) is -1.08. The quantitative estimate of drug-likeness (QED) is 0.746. The summed E-state index contributed by atoms with van der Waals surface area (Å²) in [5, 5.41) is 2.62. The topological polar surface area (TPSA) is 52.7 Å². The van der Waals surface area contributed by atoms with Crippen LogP contribution in [0.5, 0.6) is 0 Å². The molecule has 5 nitrogen and oxygen atoms in total. The molecule has 1 aliphatic heterocycles. The van der Waals surface area contributed by atoms with Crippen LogP contribution in [0.15, 0.2) is 12.7 Å². The summed E-state index contributed by atoms with van der Waals surface area (Å²) < 4.78 is 36.3. The van der Waals surface area contributed by atoms with Crippen molar-refractivity contribution >= 4 is 11.8 Å². The minimum atomic E-state index is -4.47. The molecule has 8 heteroatoms. The van der Waals surface area contributed by atoms with E-state index in [4.69, 9.17) is 0 Å². The molecule has 1 N–H and O–H groups in total. The predicted molar refractivity (Wildman–Crippen MR) is 66.9 cm³/mol. The third-order valence-electron chi connectivity index (χ3n) is 2.89. The molecule has 2 amide bonds. The number of alkyl halides is 3. The SMILES string of the molecule is C=CCNC(=O)CN1CCN(C(=O)CC(F)(F)F)CC1. The molecule has 0 atom stereocenters. The van der Waals surface area contributed by atoms with E-state index in [0.717, 1.165) is 0 Å². The highest BCUT2D eigenvalue weighted by Gasteiger charge is 2.34. The van der Waals surface area contributed by atoms with Gasteiger partial charge in [-0.25, -0.2) is 0 Å². The minimum Gasteiger partial charge on any atom is -0.352 e. The summed E-state index contributed by atoms with van der Waals surface area (Å²) in [4.78, 5) is 25.8. The van der Waals surface area contributed by atoms with E-state index in [1.165, 1.54) is 4.90 Å². The molecule has 1 saturated heterocycles. The first-order valence-electron chi connectivity index (χ1n) is 6.26. The Kier molecular flexibility index (Phi) is 6.00. The predicted octanol–water partition coefficient (Wildman–Crippen LogP) is 0.385. The van der Waals surface area contributed by atoms with E-state index in [-0.39, 0.29) is 25.5 Å². The van der Waals surface area contributed by atoms with Gasteiger partial charge in [0.15, 0.2) is 0 Å². The van der Waals surface area contributed by atoms with Crippen molar-refractivity contribution in [2.75, 3.05) is 39.3 Å². The lowest BCUT2D eigenvalue weighted by molar-refractivity contribution is -0.162. The lowest BCUT2D eigenvalue weighted by Gasteiger charge is -2.34. The van der Waals surface area contributed by atoms with Crippen molar-refractivity contribution in [1.82, 2.24) is 15.1 Å². The fourth-order valence-corrected chi connectivity index (χ4v) is 1.88. The van der Waals surface area contributed by atoms with Crippen molar-refractivity contribution in [3.05, 3.63) is 12.7 Å². The fraction of sp³-hybridized carbons (Fsp3) is 0.667. The van der Waals surface area contributed by atoms with E-state index >= 15 is 0 Å². The van der Waals surface area contributed by atoms with Gasteiger partial charge in [0.25, 0.3) is 0 Å². The van der Waals surface area contributed by atoms with Gasteiger partial charge in [-0.3, -0.25) is 14.5 Å². The third-order valence-corrected chi connectivity index (χ3v) is 2.89. The van der Waals surface area contributed by atoms with Gasteiger partial charge in [0.05, 0.1) is 6.54 Å². The van der Waals surface area contributed by atoms with Gasteiger partial charge in [-0.2, -0.15) is 13.2 Å². The van der Waals surface area contributed by atoms with E-state index in [2.05, 4.69) is 11.9 Å². The van der Waals surface area contributed by atoms with Crippen LogP contribution in [0.2, 0.25) is 0 Å². The number of carbonyl (C=O) groups is 2. The normalized spacial score (nSPS) is 16.9. The molecule has 0 saturated carbocycles. The van der Waals surface area contributed by atoms with Gasteiger partial charge in [0.2, 0.25) is 11.8 Å². The molecule has 20 heavy (non-hydrogen) atoms. The Hall–Kier alpha value is -1.57.